The van der Waals surface area contributed by atoms with Gasteiger partial charge in [0, 0.05) is 31.2 Å². The van der Waals surface area contributed by atoms with Crippen LogP contribution in [-0.2, 0) is 4.79 Å². The standard InChI is InChI=1S/C20H27N3OS/c1-15-8-9-18(14-16(15)2)23-13-10-21-20(23)25-17(3)19(24)22-11-6-4-5-7-12-22/h8-10,13-14,17H,4-7,11-12H2,1-3H3. The molecule has 1 aliphatic heterocycles. The molecule has 1 aromatic carbocycles. The zero-order valence-electron chi connectivity index (χ0n) is 15.4. The summed E-state index contributed by atoms with van der Waals surface area (Å²) in [4.78, 5) is 19.3. The molecule has 3 rings (SSSR count). The number of thioether (sulfide) groups is 1. The molecule has 134 valence electrons. The summed E-state index contributed by atoms with van der Waals surface area (Å²) < 4.78 is 2.07. The van der Waals surface area contributed by atoms with Crippen molar-refractivity contribution >= 4 is 17.7 Å². The number of hydrogen-bond donors (Lipinski definition) is 0. The fourth-order valence-corrected chi connectivity index (χ4v) is 4.17. The van der Waals surface area contributed by atoms with E-state index in [2.05, 4.69) is 41.6 Å². The number of carbonyl (C=O) groups is 1. The molecular weight excluding hydrogens is 330 g/mol. The molecule has 2 aromatic rings. The number of likely N-dealkylation sites (tertiary alicyclic amines) is 1. The van der Waals surface area contributed by atoms with Gasteiger partial charge >= 0.3 is 0 Å². The van der Waals surface area contributed by atoms with E-state index in [4.69, 9.17) is 0 Å². The number of hydrogen-bond acceptors (Lipinski definition) is 3. The first-order chi connectivity index (χ1) is 12.1. The van der Waals surface area contributed by atoms with Gasteiger partial charge < -0.3 is 4.90 Å². The van der Waals surface area contributed by atoms with E-state index >= 15 is 0 Å². The maximum Gasteiger partial charge on any atom is 0.235 e. The molecule has 1 fully saturated rings. The Balaban J connectivity index is 1.73. The first-order valence-electron chi connectivity index (χ1n) is 9.12. The number of amides is 1. The molecular formula is C20H27N3OS. The third-order valence-corrected chi connectivity index (χ3v) is 5.99. The van der Waals surface area contributed by atoms with Crippen molar-refractivity contribution in [3.8, 4) is 5.69 Å². The Bertz CT molecular complexity index is 732. The predicted octanol–water partition coefficient (Wildman–Crippen LogP) is 4.37. The van der Waals surface area contributed by atoms with Gasteiger partial charge in [-0.3, -0.25) is 9.36 Å². The van der Waals surface area contributed by atoms with E-state index in [9.17, 15) is 4.79 Å². The van der Waals surface area contributed by atoms with E-state index in [-0.39, 0.29) is 11.2 Å². The van der Waals surface area contributed by atoms with Crippen LogP contribution in [0.5, 0.6) is 0 Å². The van der Waals surface area contributed by atoms with Crippen molar-refractivity contribution in [2.24, 2.45) is 0 Å². The molecule has 0 saturated carbocycles. The lowest BCUT2D eigenvalue weighted by atomic mass is 10.1. The third kappa shape index (κ3) is 4.27. The normalized spacial score (nSPS) is 16.5. The monoisotopic (exact) mass is 357 g/mol. The summed E-state index contributed by atoms with van der Waals surface area (Å²) >= 11 is 1.55. The second-order valence-corrected chi connectivity index (χ2v) is 8.16. The summed E-state index contributed by atoms with van der Waals surface area (Å²) in [5.41, 5.74) is 3.64. The second-order valence-electron chi connectivity index (χ2n) is 6.85. The molecule has 0 aliphatic carbocycles. The number of aryl methyl sites for hydroxylation is 2. The van der Waals surface area contributed by atoms with Crippen molar-refractivity contribution < 1.29 is 4.79 Å². The largest absolute Gasteiger partial charge is 0.342 e. The maximum absolute atomic E-state index is 12.8. The summed E-state index contributed by atoms with van der Waals surface area (Å²) in [6, 6.07) is 6.41. The first kappa shape index (κ1) is 18.1. The molecule has 0 N–H and O–H groups in total. The van der Waals surface area contributed by atoms with Gasteiger partial charge in [0.2, 0.25) is 5.91 Å². The molecule has 4 nitrogen and oxygen atoms in total. The van der Waals surface area contributed by atoms with Gasteiger partial charge in [-0.25, -0.2) is 4.98 Å². The molecule has 2 heterocycles. The number of nitrogens with zero attached hydrogens (tertiary/aromatic N) is 3. The van der Waals surface area contributed by atoms with Crippen LogP contribution in [0.15, 0.2) is 35.7 Å². The van der Waals surface area contributed by atoms with Gasteiger partial charge in [-0.1, -0.05) is 30.7 Å². The highest BCUT2D eigenvalue weighted by molar-refractivity contribution is 8.00. The molecule has 0 bridgehead atoms. The Morgan fingerprint density at radius 2 is 1.84 bits per heavy atom. The van der Waals surface area contributed by atoms with E-state index in [0.29, 0.717) is 0 Å². The lowest BCUT2D eigenvalue weighted by Gasteiger charge is -2.23. The fourth-order valence-electron chi connectivity index (χ4n) is 3.21. The van der Waals surface area contributed by atoms with Crippen LogP contribution in [0.3, 0.4) is 0 Å². The SMILES string of the molecule is Cc1ccc(-n2ccnc2SC(C)C(=O)N2CCCCCC2)cc1C. The summed E-state index contributed by atoms with van der Waals surface area (Å²) in [7, 11) is 0. The van der Waals surface area contributed by atoms with Crippen LogP contribution in [0.25, 0.3) is 5.69 Å². The third-order valence-electron chi connectivity index (χ3n) is 4.92. The zero-order chi connectivity index (χ0) is 17.8. The lowest BCUT2D eigenvalue weighted by molar-refractivity contribution is -0.130. The first-order valence-corrected chi connectivity index (χ1v) is 10.0. The Kier molecular flexibility index (Phi) is 5.84. The van der Waals surface area contributed by atoms with Crippen molar-refractivity contribution in [1.29, 1.82) is 0 Å². The topological polar surface area (TPSA) is 38.1 Å². The van der Waals surface area contributed by atoms with Crippen LogP contribution < -0.4 is 0 Å². The number of rotatable bonds is 4. The highest BCUT2D eigenvalue weighted by Crippen LogP contribution is 2.27. The van der Waals surface area contributed by atoms with E-state index in [1.165, 1.54) is 24.0 Å². The fraction of sp³-hybridized carbons (Fsp3) is 0.500. The van der Waals surface area contributed by atoms with E-state index < -0.39 is 0 Å². The minimum atomic E-state index is -0.120. The van der Waals surface area contributed by atoms with Gasteiger partial charge in [0.25, 0.3) is 0 Å². The molecule has 1 saturated heterocycles. The Hall–Kier alpha value is -1.75. The van der Waals surface area contributed by atoms with E-state index in [1.807, 2.05) is 18.0 Å². The molecule has 5 heteroatoms. The number of aromatic nitrogens is 2. The van der Waals surface area contributed by atoms with Crippen LogP contribution in [-0.4, -0.2) is 38.7 Å². The van der Waals surface area contributed by atoms with Crippen LogP contribution in [0.4, 0.5) is 0 Å². The Morgan fingerprint density at radius 1 is 1.12 bits per heavy atom. The van der Waals surface area contributed by atoms with Gasteiger partial charge in [-0.2, -0.15) is 0 Å². The van der Waals surface area contributed by atoms with Crippen LogP contribution in [0.1, 0.15) is 43.7 Å². The Labute approximate surface area is 154 Å². The minimum absolute atomic E-state index is 0.120. The van der Waals surface area contributed by atoms with Gasteiger partial charge in [-0.05, 0) is 56.9 Å². The molecule has 1 unspecified atom stereocenters. The Morgan fingerprint density at radius 3 is 2.52 bits per heavy atom. The highest BCUT2D eigenvalue weighted by atomic mass is 32.2. The molecule has 0 radical (unpaired) electrons. The molecule has 0 spiro atoms. The van der Waals surface area contributed by atoms with Crippen molar-refractivity contribution in [2.75, 3.05) is 13.1 Å². The number of imidazole rings is 1. The van der Waals surface area contributed by atoms with Crippen LogP contribution in [0.2, 0.25) is 0 Å². The lowest BCUT2D eigenvalue weighted by Crippen LogP contribution is -2.37. The molecule has 25 heavy (non-hydrogen) atoms. The quantitative estimate of drug-likeness (QED) is 0.763. The van der Waals surface area contributed by atoms with Crippen molar-refractivity contribution in [1.82, 2.24) is 14.5 Å². The average Bonchev–Trinajstić information content (AvgIpc) is 2.89. The van der Waals surface area contributed by atoms with Crippen LogP contribution in [0, 0.1) is 13.8 Å². The van der Waals surface area contributed by atoms with Crippen molar-refractivity contribution in [2.45, 2.75) is 56.9 Å². The zero-order valence-corrected chi connectivity index (χ0v) is 16.2. The van der Waals surface area contributed by atoms with Gasteiger partial charge in [-0.15, -0.1) is 0 Å². The smallest absolute Gasteiger partial charge is 0.235 e. The summed E-state index contributed by atoms with van der Waals surface area (Å²) in [5, 5.41) is 0.754. The van der Waals surface area contributed by atoms with E-state index in [0.717, 1.165) is 36.8 Å². The van der Waals surface area contributed by atoms with E-state index in [1.54, 1.807) is 18.0 Å². The van der Waals surface area contributed by atoms with Gasteiger partial charge in [0.15, 0.2) is 5.16 Å². The predicted molar refractivity (Wildman–Crippen MR) is 103 cm³/mol. The number of benzene rings is 1. The summed E-state index contributed by atoms with van der Waals surface area (Å²) in [5.74, 6) is 0.238. The maximum atomic E-state index is 12.8. The molecule has 1 amide bonds. The summed E-state index contributed by atoms with van der Waals surface area (Å²) in [6.45, 7) is 8.03. The van der Waals surface area contributed by atoms with Crippen molar-refractivity contribution in [3.63, 3.8) is 0 Å². The molecule has 1 aromatic heterocycles. The summed E-state index contributed by atoms with van der Waals surface area (Å²) in [6.07, 6.45) is 8.50. The van der Waals surface area contributed by atoms with Crippen molar-refractivity contribution in [3.05, 3.63) is 41.7 Å². The number of carbonyl (C=O) groups excluding carboxylic acids is 1. The van der Waals surface area contributed by atoms with Crippen LogP contribution >= 0.6 is 11.8 Å². The molecule has 1 aliphatic rings. The second kappa shape index (κ2) is 8.09. The van der Waals surface area contributed by atoms with Gasteiger partial charge in [0.05, 0.1) is 5.25 Å². The highest BCUT2D eigenvalue weighted by Gasteiger charge is 2.23. The molecule has 1 atom stereocenters. The average molecular weight is 358 g/mol. The van der Waals surface area contributed by atoms with Gasteiger partial charge in [0.1, 0.15) is 0 Å². The minimum Gasteiger partial charge on any atom is -0.342 e.